The van der Waals surface area contributed by atoms with Gasteiger partial charge in [-0.1, -0.05) is 57.0 Å². The standard InChI is InChI=1S/C36H53N3O5/c1-11-14-30(28-17-15-25(8)16-18-28)37-35(42)39-33(41)36(12-2,13-3)34(39)44-29-21-26(9)31(27(10)22-29)32(40)43-20-19-38(23(4)5)24(6)7/h15-18,21-24,30,34H,11-14,19-20H2,1-10H3,(H,37,42)/t30-,34-/m0/s1. The van der Waals surface area contributed by atoms with Crippen molar-refractivity contribution >= 4 is 17.9 Å². The van der Waals surface area contributed by atoms with Gasteiger partial charge in [-0.2, -0.15) is 0 Å². The zero-order valence-corrected chi connectivity index (χ0v) is 28.5. The van der Waals surface area contributed by atoms with Gasteiger partial charge in [0.05, 0.1) is 11.6 Å². The lowest BCUT2D eigenvalue weighted by molar-refractivity contribution is -0.191. The van der Waals surface area contributed by atoms with Crippen LogP contribution in [0.4, 0.5) is 4.79 Å². The number of urea groups is 1. The van der Waals surface area contributed by atoms with Gasteiger partial charge >= 0.3 is 12.0 Å². The third-order valence-electron chi connectivity index (χ3n) is 9.05. The Bertz CT molecular complexity index is 1270. The highest BCUT2D eigenvalue weighted by Crippen LogP contribution is 2.46. The van der Waals surface area contributed by atoms with Gasteiger partial charge in [0, 0.05) is 18.6 Å². The molecule has 44 heavy (non-hydrogen) atoms. The number of nitrogens with one attached hydrogen (secondary N) is 1. The molecule has 0 spiro atoms. The summed E-state index contributed by atoms with van der Waals surface area (Å²) in [6, 6.07) is 11.7. The van der Waals surface area contributed by atoms with Crippen LogP contribution >= 0.6 is 0 Å². The van der Waals surface area contributed by atoms with E-state index in [2.05, 4.69) is 44.8 Å². The number of imide groups is 1. The molecule has 2 aromatic rings. The van der Waals surface area contributed by atoms with Crippen LogP contribution in [0.1, 0.15) is 113 Å². The molecular formula is C36H53N3O5. The van der Waals surface area contributed by atoms with Crippen molar-refractivity contribution in [1.82, 2.24) is 15.1 Å². The lowest BCUT2D eigenvalue weighted by Gasteiger charge is -2.53. The number of benzene rings is 2. The van der Waals surface area contributed by atoms with E-state index in [4.69, 9.17) is 9.47 Å². The zero-order valence-electron chi connectivity index (χ0n) is 28.5. The molecule has 0 saturated carbocycles. The van der Waals surface area contributed by atoms with E-state index in [0.717, 1.165) is 35.1 Å². The minimum Gasteiger partial charge on any atom is -0.469 e. The number of amides is 3. The normalized spacial score (nSPS) is 16.7. The lowest BCUT2D eigenvalue weighted by Crippen LogP contribution is -2.73. The number of aryl methyl sites for hydroxylation is 3. The van der Waals surface area contributed by atoms with Crippen LogP contribution in [0.5, 0.6) is 5.75 Å². The number of esters is 1. The number of β-lactam (4-membered cyclic amide) rings is 1. The second-order valence-corrected chi connectivity index (χ2v) is 12.7. The molecule has 3 amide bonds. The van der Waals surface area contributed by atoms with Crippen molar-refractivity contribution in [3.63, 3.8) is 0 Å². The van der Waals surface area contributed by atoms with Crippen molar-refractivity contribution < 1.29 is 23.9 Å². The molecule has 1 aliphatic rings. The first-order chi connectivity index (χ1) is 20.8. The number of hydrogen-bond donors (Lipinski definition) is 1. The smallest absolute Gasteiger partial charge is 0.338 e. The minimum atomic E-state index is -0.806. The number of rotatable bonds is 14. The molecule has 1 N–H and O–H groups in total. The molecule has 8 heteroatoms. The van der Waals surface area contributed by atoms with E-state index in [1.54, 1.807) is 12.1 Å². The first-order valence-corrected chi connectivity index (χ1v) is 16.2. The Hall–Kier alpha value is -3.39. The van der Waals surface area contributed by atoms with E-state index in [9.17, 15) is 14.4 Å². The van der Waals surface area contributed by atoms with Crippen LogP contribution in [0.3, 0.4) is 0 Å². The van der Waals surface area contributed by atoms with Crippen molar-refractivity contribution in [2.24, 2.45) is 5.41 Å². The van der Waals surface area contributed by atoms with Gasteiger partial charge in [0.25, 0.3) is 0 Å². The van der Waals surface area contributed by atoms with Crippen molar-refractivity contribution in [2.45, 2.75) is 119 Å². The van der Waals surface area contributed by atoms with Gasteiger partial charge in [0.15, 0.2) is 6.23 Å². The molecule has 0 bridgehead atoms. The Morgan fingerprint density at radius 2 is 1.52 bits per heavy atom. The fourth-order valence-electron chi connectivity index (χ4n) is 6.40. The van der Waals surface area contributed by atoms with Crippen LogP contribution < -0.4 is 10.1 Å². The van der Waals surface area contributed by atoms with Gasteiger partial charge in [-0.15, -0.1) is 0 Å². The summed E-state index contributed by atoms with van der Waals surface area (Å²) < 4.78 is 12.1. The second-order valence-electron chi connectivity index (χ2n) is 12.7. The summed E-state index contributed by atoms with van der Waals surface area (Å²) in [7, 11) is 0. The van der Waals surface area contributed by atoms with Gasteiger partial charge in [-0.05, 0) is 96.6 Å². The quantitative estimate of drug-likeness (QED) is 0.177. The molecule has 0 aromatic heterocycles. The molecule has 1 heterocycles. The Labute approximate surface area is 264 Å². The molecule has 3 rings (SSSR count). The summed E-state index contributed by atoms with van der Waals surface area (Å²) >= 11 is 0. The Kier molecular flexibility index (Phi) is 12.0. The summed E-state index contributed by atoms with van der Waals surface area (Å²) in [6.07, 6.45) is 1.94. The van der Waals surface area contributed by atoms with Crippen LogP contribution in [0.2, 0.25) is 0 Å². The number of hydrogen-bond acceptors (Lipinski definition) is 6. The predicted octanol–water partition coefficient (Wildman–Crippen LogP) is 7.49. The molecule has 1 aliphatic heterocycles. The van der Waals surface area contributed by atoms with Crippen LogP contribution in [0.25, 0.3) is 0 Å². The van der Waals surface area contributed by atoms with E-state index in [0.29, 0.717) is 49.4 Å². The Morgan fingerprint density at radius 3 is 2.02 bits per heavy atom. The average Bonchev–Trinajstić information content (AvgIpc) is 2.95. The molecule has 0 aliphatic carbocycles. The minimum absolute atomic E-state index is 0.220. The topological polar surface area (TPSA) is 88.2 Å². The van der Waals surface area contributed by atoms with Crippen LogP contribution in [0, 0.1) is 26.2 Å². The number of carbonyl (C=O) groups excluding carboxylic acids is 3. The largest absolute Gasteiger partial charge is 0.469 e. The summed E-state index contributed by atoms with van der Waals surface area (Å²) in [5, 5.41) is 3.10. The molecule has 0 radical (unpaired) electrons. The molecule has 1 saturated heterocycles. The first kappa shape index (κ1) is 35.1. The lowest BCUT2D eigenvalue weighted by atomic mass is 9.72. The molecule has 1 fully saturated rings. The average molecular weight is 608 g/mol. The highest BCUT2D eigenvalue weighted by atomic mass is 16.5. The molecule has 0 unspecified atom stereocenters. The van der Waals surface area contributed by atoms with Crippen LogP contribution in [0.15, 0.2) is 36.4 Å². The second kappa shape index (κ2) is 15.1. The van der Waals surface area contributed by atoms with Crippen molar-refractivity contribution in [2.75, 3.05) is 13.2 Å². The third kappa shape index (κ3) is 7.45. The highest BCUT2D eigenvalue weighted by molar-refractivity contribution is 6.03. The van der Waals surface area contributed by atoms with Crippen molar-refractivity contribution in [3.05, 3.63) is 64.2 Å². The van der Waals surface area contributed by atoms with E-state index in [1.807, 2.05) is 58.9 Å². The summed E-state index contributed by atoms with van der Waals surface area (Å²) in [5.41, 5.74) is 3.29. The third-order valence-corrected chi connectivity index (χ3v) is 9.05. The SMILES string of the molecule is CCC[C@H](NC(=O)N1C(=O)C(CC)(CC)[C@@H]1Oc1cc(C)c(C(=O)OCCN(C(C)C)C(C)C)c(C)c1)c1ccc(C)cc1. The molecule has 2 atom stereocenters. The fraction of sp³-hybridized carbons (Fsp3) is 0.583. The Balaban J connectivity index is 1.80. The van der Waals surface area contributed by atoms with Gasteiger partial charge < -0.3 is 14.8 Å². The predicted molar refractivity (Wildman–Crippen MR) is 175 cm³/mol. The fourth-order valence-corrected chi connectivity index (χ4v) is 6.40. The van der Waals surface area contributed by atoms with Gasteiger partial charge in [-0.3, -0.25) is 9.69 Å². The van der Waals surface area contributed by atoms with Crippen molar-refractivity contribution in [3.8, 4) is 5.75 Å². The summed E-state index contributed by atoms with van der Waals surface area (Å²) in [6.45, 7) is 21.2. The molecule has 8 nitrogen and oxygen atoms in total. The molecule has 242 valence electrons. The highest BCUT2D eigenvalue weighted by Gasteiger charge is 2.63. The number of ether oxygens (including phenoxy) is 2. The van der Waals surface area contributed by atoms with Crippen LogP contribution in [-0.2, 0) is 9.53 Å². The zero-order chi connectivity index (χ0) is 32.8. The van der Waals surface area contributed by atoms with E-state index in [1.165, 1.54) is 4.90 Å². The van der Waals surface area contributed by atoms with Crippen molar-refractivity contribution in [1.29, 1.82) is 0 Å². The van der Waals surface area contributed by atoms with E-state index in [-0.39, 0.29) is 17.9 Å². The molecule has 2 aromatic carbocycles. The number of carbonyl (C=O) groups is 3. The van der Waals surface area contributed by atoms with Gasteiger partial charge in [0.1, 0.15) is 17.8 Å². The number of nitrogens with zero attached hydrogens (tertiary/aromatic N) is 2. The molecular weight excluding hydrogens is 554 g/mol. The monoisotopic (exact) mass is 607 g/mol. The van der Waals surface area contributed by atoms with Crippen LogP contribution in [-0.4, -0.2) is 59.2 Å². The first-order valence-electron chi connectivity index (χ1n) is 16.2. The van der Waals surface area contributed by atoms with Gasteiger partial charge in [0.2, 0.25) is 5.91 Å². The van der Waals surface area contributed by atoms with Gasteiger partial charge in [-0.25, -0.2) is 14.5 Å². The maximum atomic E-state index is 13.6. The number of likely N-dealkylation sites (tertiary alicyclic amines) is 1. The maximum Gasteiger partial charge on any atom is 0.338 e. The maximum absolute atomic E-state index is 13.6. The van der Waals surface area contributed by atoms with E-state index < -0.39 is 17.7 Å². The summed E-state index contributed by atoms with van der Waals surface area (Å²) in [4.78, 5) is 43.8. The van der Waals surface area contributed by atoms with E-state index >= 15 is 0 Å². The summed E-state index contributed by atoms with van der Waals surface area (Å²) in [5.74, 6) is -0.0874. The Morgan fingerprint density at radius 1 is 0.955 bits per heavy atom.